The van der Waals surface area contributed by atoms with E-state index in [0.29, 0.717) is 11.9 Å². The molecule has 0 aliphatic carbocycles. The van der Waals surface area contributed by atoms with Crippen LogP contribution < -0.4 is 0 Å². The highest BCUT2D eigenvalue weighted by Crippen LogP contribution is 2.20. The lowest BCUT2D eigenvalue weighted by Crippen LogP contribution is -2.41. The van der Waals surface area contributed by atoms with E-state index in [0.717, 1.165) is 25.3 Å². The van der Waals surface area contributed by atoms with Crippen molar-refractivity contribution in [3.05, 3.63) is 0 Å². The van der Waals surface area contributed by atoms with E-state index in [4.69, 9.17) is 4.74 Å². The molecule has 3 nitrogen and oxygen atoms in total. The number of carbonyl (C=O) groups is 1. The highest BCUT2D eigenvalue weighted by Gasteiger charge is 2.24. The fourth-order valence-corrected chi connectivity index (χ4v) is 2.73. The summed E-state index contributed by atoms with van der Waals surface area (Å²) in [6.45, 7) is 8.53. The van der Waals surface area contributed by atoms with Gasteiger partial charge in [-0.15, -0.1) is 0 Å². The number of thioether (sulfide) groups is 1. The minimum atomic E-state index is -0.0872. The highest BCUT2D eigenvalue weighted by atomic mass is 32.2. The van der Waals surface area contributed by atoms with E-state index in [1.54, 1.807) is 0 Å². The summed E-state index contributed by atoms with van der Waals surface area (Å²) in [4.78, 5) is 13.8. The van der Waals surface area contributed by atoms with Gasteiger partial charge in [-0.2, -0.15) is 11.8 Å². The van der Waals surface area contributed by atoms with Gasteiger partial charge in [0.05, 0.1) is 6.61 Å². The summed E-state index contributed by atoms with van der Waals surface area (Å²) >= 11 is 1.99. The Hall–Kier alpha value is -0.220. The Morgan fingerprint density at radius 3 is 3.00 bits per heavy atom. The second-order valence-corrected chi connectivity index (χ2v) is 5.48. The second-order valence-electron chi connectivity index (χ2n) is 3.93. The van der Waals surface area contributed by atoms with Crippen LogP contribution in [0.4, 0.5) is 0 Å². The zero-order valence-corrected chi connectivity index (χ0v) is 10.7. The Balaban J connectivity index is 2.44. The fraction of sp³-hybridized carbons (Fsp3) is 0.909. The molecule has 1 aliphatic heterocycles. The lowest BCUT2D eigenvalue weighted by Gasteiger charge is -2.25. The molecule has 0 N–H and O–H groups in total. The molecule has 1 fully saturated rings. The average Bonchev–Trinajstić information content (AvgIpc) is 2.42. The Labute approximate surface area is 96.5 Å². The maximum absolute atomic E-state index is 11.6. The van der Waals surface area contributed by atoms with Crippen molar-refractivity contribution in [2.24, 2.45) is 0 Å². The zero-order chi connectivity index (χ0) is 11.3. The summed E-state index contributed by atoms with van der Waals surface area (Å²) in [6, 6.07) is -0.0872. The quantitative estimate of drug-likeness (QED) is 0.692. The van der Waals surface area contributed by atoms with E-state index in [1.807, 2.05) is 25.6 Å². The van der Waals surface area contributed by atoms with Gasteiger partial charge in [0.1, 0.15) is 6.04 Å². The van der Waals surface area contributed by atoms with Gasteiger partial charge < -0.3 is 4.74 Å². The summed E-state index contributed by atoms with van der Waals surface area (Å²) < 4.78 is 5.04. The van der Waals surface area contributed by atoms with E-state index in [9.17, 15) is 4.79 Å². The summed E-state index contributed by atoms with van der Waals surface area (Å²) in [5.74, 6) is 1.03. The van der Waals surface area contributed by atoms with Crippen molar-refractivity contribution in [1.82, 2.24) is 4.90 Å². The topological polar surface area (TPSA) is 29.5 Å². The molecular formula is C11H21NO2S. The monoisotopic (exact) mass is 231 g/mol. The molecule has 1 heterocycles. The third-order valence-corrected chi connectivity index (χ3v) is 4.00. The molecular weight excluding hydrogens is 210 g/mol. The van der Waals surface area contributed by atoms with Crippen LogP contribution in [0.15, 0.2) is 0 Å². The molecule has 88 valence electrons. The van der Waals surface area contributed by atoms with Gasteiger partial charge in [-0.25, -0.2) is 0 Å². The largest absolute Gasteiger partial charge is 0.465 e. The van der Waals surface area contributed by atoms with Gasteiger partial charge in [0, 0.05) is 24.1 Å². The van der Waals surface area contributed by atoms with Crippen LogP contribution >= 0.6 is 11.8 Å². The molecule has 1 aliphatic rings. The van der Waals surface area contributed by atoms with Gasteiger partial charge >= 0.3 is 5.97 Å². The standard InChI is InChI=1S/C11H21NO2S/c1-4-14-11(13)10(3)12-6-5-9(2)15-8-7-12/h9-10H,4-8H2,1-3H3/t9-,10-/m1/s1. The van der Waals surface area contributed by atoms with E-state index in [2.05, 4.69) is 11.8 Å². The first-order valence-corrected chi connectivity index (χ1v) is 6.72. The van der Waals surface area contributed by atoms with Crippen LogP contribution in [0, 0.1) is 0 Å². The third-order valence-electron chi connectivity index (χ3n) is 2.78. The molecule has 2 atom stereocenters. The number of nitrogens with zero attached hydrogens (tertiary/aromatic N) is 1. The molecule has 4 heteroatoms. The van der Waals surface area contributed by atoms with Crippen molar-refractivity contribution in [3.63, 3.8) is 0 Å². The second kappa shape index (κ2) is 6.38. The maximum atomic E-state index is 11.6. The van der Waals surface area contributed by atoms with Gasteiger partial charge in [-0.1, -0.05) is 6.92 Å². The molecule has 0 aromatic rings. The highest BCUT2D eigenvalue weighted by molar-refractivity contribution is 7.99. The van der Waals surface area contributed by atoms with Crippen molar-refractivity contribution >= 4 is 17.7 Å². The molecule has 1 rings (SSSR count). The number of hydrogen-bond acceptors (Lipinski definition) is 4. The van der Waals surface area contributed by atoms with Crippen LogP contribution in [0.1, 0.15) is 27.2 Å². The SMILES string of the molecule is CCOC(=O)[C@@H](C)N1CCS[C@H](C)CC1. The van der Waals surface area contributed by atoms with Crippen LogP contribution in [0.5, 0.6) is 0 Å². The number of hydrogen-bond donors (Lipinski definition) is 0. The summed E-state index contributed by atoms with van der Waals surface area (Å²) in [5, 5.41) is 0.712. The Morgan fingerprint density at radius 1 is 1.60 bits per heavy atom. The van der Waals surface area contributed by atoms with Crippen molar-refractivity contribution < 1.29 is 9.53 Å². The van der Waals surface area contributed by atoms with Crippen LogP contribution in [-0.2, 0) is 9.53 Å². The van der Waals surface area contributed by atoms with Gasteiger partial charge in [0.15, 0.2) is 0 Å². The normalized spacial score (nSPS) is 25.7. The number of ether oxygens (including phenoxy) is 1. The Kier molecular flexibility index (Phi) is 5.47. The Bertz CT molecular complexity index is 211. The van der Waals surface area contributed by atoms with Gasteiger partial charge in [-0.3, -0.25) is 9.69 Å². The van der Waals surface area contributed by atoms with Crippen LogP contribution in [0.2, 0.25) is 0 Å². The Morgan fingerprint density at radius 2 is 2.33 bits per heavy atom. The van der Waals surface area contributed by atoms with Gasteiger partial charge in [-0.05, 0) is 20.3 Å². The first-order valence-electron chi connectivity index (χ1n) is 5.67. The fourth-order valence-electron chi connectivity index (χ4n) is 1.71. The van der Waals surface area contributed by atoms with Gasteiger partial charge in [0.2, 0.25) is 0 Å². The first kappa shape index (κ1) is 12.8. The number of carbonyl (C=O) groups excluding carboxylic acids is 1. The van der Waals surface area contributed by atoms with Crippen molar-refractivity contribution in [3.8, 4) is 0 Å². The van der Waals surface area contributed by atoms with E-state index < -0.39 is 0 Å². The molecule has 0 saturated carbocycles. The molecule has 0 amide bonds. The smallest absolute Gasteiger partial charge is 0.323 e. The van der Waals surface area contributed by atoms with Crippen LogP contribution in [-0.4, -0.2) is 47.6 Å². The molecule has 1 saturated heterocycles. The molecule has 0 unspecified atom stereocenters. The van der Waals surface area contributed by atoms with E-state index in [-0.39, 0.29) is 12.0 Å². The zero-order valence-electron chi connectivity index (χ0n) is 9.86. The van der Waals surface area contributed by atoms with E-state index >= 15 is 0 Å². The molecule has 0 bridgehead atoms. The lowest BCUT2D eigenvalue weighted by molar-refractivity contribution is -0.148. The first-order chi connectivity index (χ1) is 7.15. The molecule has 0 spiro atoms. The van der Waals surface area contributed by atoms with Gasteiger partial charge in [0.25, 0.3) is 0 Å². The van der Waals surface area contributed by atoms with Crippen molar-refractivity contribution in [2.45, 2.75) is 38.5 Å². The van der Waals surface area contributed by atoms with Crippen molar-refractivity contribution in [2.75, 3.05) is 25.4 Å². The molecule has 0 aromatic carbocycles. The summed E-state index contributed by atoms with van der Waals surface area (Å²) in [7, 11) is 0. The average molecular weight is 231 g/mol. The number of rotatable bonds is 3. The lowest BCUT2D eigenvalue weighted by atomic mass is 10.2. The minimum Gasteiger partial charge on any atom is -0.465 e. The van der Waals surface area contributed by atoms with Crippen LogP contribution in [0.25, 0.3) is 0 Å². The van der Waals surface area contributed by atoms with E-state index in [1.165, 1.54) is 0 Å². The van der Waals surface area contributed by atoms with Crippen molar-refractivity contribution in [1.29, 1.82) is 0 Å². The van der Waals surface area contributed by atoms with Crippen LogP contribution in [0.3, 0.4) is 0 Å². The minimum absolute atomic E-state index is 0.0861. The maximum Gasteiger partial charge on any atom is 0.323 e. The summed E-state index contributed by atoms with van der Waals surface area (Å²) in [6.07, 6.45) is 1.16. The molecule has 0 aromatic heterocycles. The predicted molar refractivity (Wildman–Crippen MR) is 64.2 cm³/mol. The predicted octanol–water partition coefficient (Wildman–Crippen LogP) is 1.77. The summed E-state index contributed by atoms with van der Waals surface area (Å²) in [5.41, 5.74) is 0. The molecule has 15 heavy (non-hydrogen) atoms. The number of esters is 1. The third kappa shape index (κ3) is 4.03. The molecule has 0 radical (unpaired) electrons.